The van der Waals surface area contributed by atoms with E-state index in [9.17, 15) is 0 Å². The van der Waals surface area contributed by atoms with Crippen LogP contribution in [0.5, 0.6) is 0 Å². The minimum Gasteiger partial charge on any atom is -0.328 e. The summed E-state index contributed by atoms with van der Waals surface area (Å²) in [7, 11) is 0. The van der Waals surface area contributed by atoms with Gasteiger partial charge in [-0.2, -0.15) is 0 Å². The van der Waals surface area contributed by atoms with Gasteiger partial charge in [-0.25, -0.2) is 0 Å². The Morgan fingerprint density at radius 3 is 2.36 bits per heavy atom. The van der Waals surface area contributed by atoms with Gasteiger partial charge in [-0.05, 0) is 32.6 Å². The molecule has 0 aliphatic heterocycles. The molecule has 0 amide bonds. The van der Waals surface area contributed by atoms with Crippen LogP contribution >= 0.6 is 0 Å². The van der Waals surface area contributed by atoms with Gasteiger partial charge in [0.2, 0.25) is 0 Å². The molecule has 0 saturated heterocycles. The Hall–Kier alpha value is -0.300. The second-order valence-electron chi connectivity index (χ2n) is 3.63. The van der Waals surface area contributed by atoms with Gasteiger partial charge in [0.25, 0.3) is 0 Å². The summed E-state index contributed by atoms with van der Waals surface area (Å²) in [6.45, 7) is 8.63. The molecule has 1 nitrogen and oxygen atoms in total. The predicted octanol–water partition coefficient (Wildman–Crippen LogP) is 2.72. The molecule has 2 N–H and O–H groups in total. The highest BCUT2D eigenvalue weighted by molar-refractivity contribution is 4.96. The maximum atomic E-state index is 5.82. The van der Waals surface area contributed by atoms with Crippen LogP contribution in [0.25, 0.3) is 0 Å². The van der Waals surface area contributed by atoms with Crippen LogP contribution in [0.1, 0.15) is 40.5 Å². The van der Waals surface area contributed by atoms with Gasteiger partial charge in [-0.3, -0.25) is 0 Å². The summed E-state index contributed by atoms with van der Waals surface area (Å²) in [6, 6.07) is 0.376. The van der Waals surface area contributed by atoms with Crippen molar-refractivity contribution in [3.8, 4) is 0 Å². The van der Waals surface area contributed by atoms with Crippen molar-refractivity contribution < 1.29 is 0 Å². The molecule has 0 fully saturated rings. The Morgan fingerprint density at radius 2 is 2.00 bits per heavy atom. The predicted molar refractivity (Wildman–Crippen MR) is 51.5 cm³/mol. The molecule has 0 saturated carbocycles. The molecule has 0 radical (unpaired) electrons. The van der Waals surface area contributed by atoms with Crippen LogP contribution in [-0.2, 0) is 0 Å². The summed E-state index contributed by atoms with van der Waals surface area (Å²) < 4.78 is 0. The molecular weight excluding hydrogens is 134 g/mol. The zero-order valence-corrected chi connectivity index (χ0v) is 8.22. The van der Waals surface area contributed by atoms with Crippen molar-refractivity contribution >= 4 is 0 Å². The van der Waals surface area contributed by atoms with Crippen LogP contribution in [0.15, 0.2) is 11.6 Å². The van der Waals surface area contributed by atoms with Crippen molar-refractivity contribution in [2.24, 2.45) is 11.7 Å². The van der Waals surface area contributed by atoms with E-state index >= 15 is 0 Å². The van der Waals surface area contributed by atoms with Crippen LogP contribution in [0, 0.1) is 5.92 Å². The van der Waals surface area contributed by atoms with Crippen LogP contribution in [0.4, 0.5) is 0 Å². The quantitative estimate of drug-likeness (QED) is 0.621. The molecule has 0 rings (SSSR count). The van der Waals surface area contributed by atoms with Gasteiger partial charge in [-0.15, -0.1) is 0 Å². The van der Waals surface area contributed by atoms with Gasteiger partial charge in [0.05, 0.1) is 0 Å². The van der Waals surface area contributed by atoms with Crippen molar-refractivity contribution in [2.75, 3.05) is 0 Å². The molecule has 66 valence electrons. The highest BCUT2D eigenvalue weighted by atomic mass is 14.6. The lowest BCUT2D eigenvalue weighted by Gasteiger charge is -2.12. The molecule has 0 aromatic heterocycles. The molecule has 0 aromatic carbocycles. The summed E-state index contributed by atoms with van der Waals surface area (Å²) in [5, 5.41) is 0. The first-order chi connectivity index (χ1) is 5.06. The molecule has 0 spiro atoms. The monoisotopic (exact) mass is 155 g/mol. The van der Waals surface area contributed by atoms with Crippen LogP contribution in [-0.4, -0.2) is 6.04 Å². The van der Waals surface area contributed by atoms with Gasteiger partial charge < -0.3 is 5.73 Å². The average Bonchev–Trinajstić information content (AvgIpc) is 1.85. The first-order valence-corrected chi connectivity index (χ1v) is 4.46. The zero-order valence-electron chi connectivity index (χ0n) is 8.22. The second kappa shape index (κ2) is 5.36. The third-order valence-electron chi connectivity index (χ3n) is 1.82. The number of nitrogens with two attached hydrogens (primary N) is 1. The Morgan fingerprint density at radius 1 is 1.45 bits per heavy atom. The molecule has 2 unspecified atom stereocenters. The Bertz CT molecular complexity index is 123. The van der Waals surface area contributed by atoms with E-state index in [1.807, 2.05) is 0 Å². The number of hydrogen-bond donors (Lipinski definition) is 1. The minimum atomic E-state index is 0.376. The van der Waals surface area contributed by atoms with E-state index in [2.05, 4.69) is 33.8 Å². The van der Waals surface area contributed by atoms with Crippen molar-refractivity contribution in [1.82, 2.24) is 0 Å². The molecule has 0 bridgehead atoms. The number of rotatable bonds is 4. The molecule has 0 aliphatic rings. The molecule has 11 heavy (non-hydrogen) atoms. The van der Waals surface area contributed by atoms with Crippen LogP contribution < -0.4 is 5.73 Å². The molecule has 2 atom stereocenters. The number of allylic oxidation sites excluding steroid dienone is 2. The van der Waals surface area contributed by atoms with Crippen LogP contribution in [0.2, 0.25) is 0 Å². The van der Waals surface area contributed by atoms with Gasteiger partial charge in [0.15, 0.2) is 0 Å². The standard InChI is InChI=1S/C10H21N/c1-5-10(11)7-9(4)6-8(2)3/h6,9-10H,5,7,11H2,1-4H3. The lowest BCUT2D eigenvalue weighted by molar-refractivity contribution is 0.518. The fourth-order valence-electron chi connectivity index (χ4n) is 1.28. The second-order valence-corrected chi connectivity index (χ2v) is 3.63. The summed E-state index contributed by atoms with van der Waals surface area (Å²) >= 11 is 0. The Kier molecular flexibility index (Phi) is 5.22. The van der Waals surface area contributed by atoms with E-state index in [1.54, 1.807) is 0 Å². The fourth-order valence-corrected chi connectivity index (χ4v) is 1.28. The van der Waals surface area contributed by atoms with Crippen molar-refractivity contribution in [1.29, 1.82) is 0 Å². The minimum absolute atomic E-state index is 0.376. The highest BCUT2D eigenvalue weighted by Crippen LogP contribution is 2.10. The summed E-state index contributed by atoms with van der Waals surface area (Å²) in [5.41, 5.74) is 7.21. The average molecular weight is 155 g/mol. The van der Waals surface area contributed by atoms with Gasteiger partial charge in [0, 0.05) is 6.04 Å². The normalized spacial score (nSPS) is 15.7. The van der Waals surface area contributed by atoms with E-state index in [0.29, 0.717) is 12.0 Å². The fraction of sp³-hybridized carbons (Fsp3) is 0.800. The maximum absolute atomic E-state index is 5.82. The van der Waals surface area contributed by atoms with Crippen molar-refractivity contribution in [3.63, 3.8) is 0 Å². The largest absolute Gasteiger partial charge is 0.328 e. The van der Waals surface area contributed by atoms with Gasteiger partial charge in [0.1, 0.15) is 0 Å². The third kappa shape index (κ3) is 6.11. The van der Waals surface area contributed by atoms with E-state index in [4.69, 9.17) is 5.73 Å². The highest BCUT2D eigenvalue weighted by Gasteiger charge is 2.03. The first-order valence-electron chi connectivity index (χ1n) is 4.46. The Balaban J connectivity index is 3.69. The molecule has 0 aromatic rings. The van der Waals surface area contributed by atoms with E-state index < -0.39 is 0 Å². The maximum Gasteiger partial charge on any atom is 0.00417 e. The summed E-state index contributed by atoms with van der Waals surface area (Å²) in [5.74, 6) is 0.634. The molecular formula is C10H21N. The summed E-state index contributed by atoms with van der Waals surface area (Å²) in [6.07, 6.45) is 4.48. The van der Waals surface area contributed by atoms with Gasteiger partial charge in [-0.1, -0.05) is 25.5 Å². The van der Waals surface area contributed by atoms with E-state index in [-0.39, 0.29) is 0 Å². The lowest BCUT2D eigenvalue weighted by Crippen LogP contribution is -2.20. The smallest absolute Gasteiger partial charge is 0.00417 e. The summed E-state index contributed by atoms with van der Waals surface area (Å²) in [4.78, 5) is 0. The molecule has 0 aliphatic carbocycles. The van der Waals surface area contributed by atoms with Crippen LogP contribution in [0.3, 0.4) is 0 Å². The third-order valence-corrected chi connectivity index (χ3v) is 1.82. The zero-order chi connectivity index (χ0) is 8.85. The van der Waals surface area contributed by atoms with E-state index in [1.165, 1.54) is 5.57 Å². The first kappa shape index (κ1) is 10.7. The Labute approximate surface area is 70.7 Å². The molecule has 1 heteroatoms. The van der Waals surface area contributed by atoms with Crippen molar-refractivity contribution in [3.05, 3.63) is 11.6 Å². The van der Waals surface area contributed by atoms with Gasteiger partial charge >= 0.3 is 0 Å². The topological polar surface area (TPSA) is 26.0 Å². The van der Waals surface area contributed by atoms with Crippen molar-refractivity contribution in [2.45, 2.75) is 46.6 Å². The lowest BCUT2D eigenvalue weighted by atomic mass is 9.99. The van der Waals surface area contributed by atoms with E-state index in [0.717, 1.165) is 12.8 Å². The molecule has 0 heterocycles. The number of hydrogen-bond acceptors (Lipinski definition) is 1. The SMILES string of the molecule is CCC(N)CC(C)C=C(C)C.